The Morgan fingerprint density at radius 2 is 1.56 bits per heavy atom. The van der Waals surface area contributed by atoms with Crippen molar-refractivity contribution < 1.29 is 24.3 Å². The average Bonchev–Trinajstić information content (AvgIpc) is 3.22. The second-order valence-electron chi connectivity index (χ2n) is 9.95. The van der Waals surface area contributed by atoms with Crippen LogP contribution in [0.2, 0.25) is 0 Å². The Morgan fingerprint density at radius 3 is 2.15 bits per heavy atom. The van der Waals surface area contributed by atoms with Crippen molar-refractivity contribution in [3.8, 4) is 0 Å². The Bertz CT molecular complexity index is 1390. The highest BCUT2D eigenvalue weighted by molar-refractivity contribution is 6.34. The van der Waals surface area contributed by atoms with Gasteiger partial charge in [-0.05, 0) is 79.3 Å². The maximum absolute atomic E-state index is 12.8. The van der Waals surface area contributed by atoms with Crippen LogP contribution in [0.1, 0.15) is 86.0 Å². The molecule has 5 rings (SSSR count). The number of benzene rings is 3. The van der Waals surface area contributed by atoms with Gasteiger partial charge in [-0.2, -0.15) is 0 Å². The van der Waals surface area contributed by atoms with Gasteiger partial charge in [0.2, 0.25) is 0 Å². The number of amides is 2. The van der Waals surface area contributed by atoms with Crippen LogP contribution < -0.4 is 15.1 Å². The van der Waals surface area contributed by atoms with Crippen LogP contribution in [-0.2, 0) is 0 Å². The quantitative estimate of drug-likeness (QED) is 0.306. The molecule has 0 saturated carbocycles. The van der Waals surface area contributed by atoms with Gasteiger partial charge in [0, 0.05) is 37.1 Å². The summed E-state index contributed by atoms with van der Waals surface area (Å²) in [5.41, 5.74) is 4.23. The summed E-state index contributed by atoms with van der Waals surface area (Å²) < 4.78 is 0. The molecule has 3 aromatic carbocycles. The SMILES string of the molecule is CNc1ccc(C(C)C)cc1.O=Cc1cc(N2C(=O)c3ccc(C(=O)O)cc3C2=O)ccc1N1CCCCC1. The van der Waals surface area contributed by atoms with E-state index in [0.29, 0.717) is 17.2 Å². The van der Waals surface area contributed by atoms with Gasteiger partial charge in [0.05, 0.1) is 22.4 Å². The summed E-state index contributed by atoms with van der Waals surface area (Å²) in [6, 6.07) is 17.3. The van der Waals surface area contributed by atoms with Gasteiger partial charge in [0.1, 0.15) is 0 Å². The first-order valence-electron chi connectivity index (χ1n) is 13.1. The Kier molecular flexibility index (Phi) is 8.44. The molecule has 0 spiro atoms. The second-order valence-corrected chi connectivity index (χ2v) is 9.95. The molecule has 0 atom stereocenters. The van der Waals surface area contributed by atoms with Gasteiger partial charge in [0.25, 0.3) is 11.8 Å². The van der Waals surface area contributed by atoms with Gasteiger partial charge in [-0.1, -0.05) is 26.0 Å². The number of rotatable bonds is 6. The third-order valence-corrected chi connectivity index (χ3v) is 7.09. The molecule has 3 aromatic rings. The number of aldehydes is 1. The smallest absolute Gasteiger partial charge is 0.335 e. The third kappa shape index (κ3) is 5.85. The van der Waals surface area contributed by atoms with Crippen molar-refractivity contribution in [3.05, 3.63) is 88.5 Å². The van der Waals surface area contributed by atoms with Crippen LogP contribution in [0, 0.1) is 0 Å². The van der Waals surface area contributed by atoms with E-state index < -0.39 is 17.8 Å². The van der Waals surface area contributed by atoms with E-state index in [0.717, 1.165) is 42.8 Å². The van der Waals surface area contributed by atoms with Crippen molar-refractivity contribution in [2.24, 2.45) is 0 Å². The van der Waals surface area contributed by atoms with Crippen LogP contribution in [0.3, 0.4) is 0 Å². The highest BCUT2D eigenvalue weighted by Gasteiger charge is 2.37. The fourth-order valence-electron chi connectivity index (χ4n) is 4.84. The summed E-state index contributed by atoms with van der Waals surface area (Å²) >= 11 is 0. The molecule has 1 saturated heterocycles. The van der Waals surface area contributed by atoms with E-state index in [1.807, 2.05) is 7.05 Å². The molecule has 2 N–H and O–H groups in total. The fraction of sp³-hybridized carbons (Fsp3) is 0.290. The highest BCUT2D eigenvalue weighted by Crippen LogP contribution is 2.33. The van der Waals surface area contributed by atoms with E-state index in [-0.39, 0.29) is 16.7 Å². The minimum atomic E-state index is -1.17. The number of carboxylic acid groups (broad SMARTS) is 1. The molecular weight excluding hydrogens is 494 g/mol. The standard InChI is InChI=1S/C21H18N2O5.C10H15N/c24-12-14-10-15(5-7-18(14)22-8-2-1-3-9-22)23-19(25)16-6-4-13(21(27)28)11-17(16)20(23)26;1-8(2)9-4-6-10(11-3)7-5-9/h4-7,10-12H,1-3,8-9H2,(H,27,28);4-8,11H,1-3H3. The first-order valence-corrected chi connectivity index (χ1v) is 13.1. The van der Waals surface area contributed by atoms with Gasteiger partial charge >= 0.3 is 5.97 Å². The fourth-order valence-corrected chi connectivity index (χ4v) is 4.84. The zero-order chi connectivity index (χ0) is 28.1. The largest absolute Gasteiger partial charge is 0.478 e. The summed E-state index contributed by atoms with van der Waals surface area (Å²) in [4.78, 5) is 51.5. The number of hydrogen-bond acceptors (Lipinski definition) is 6. The molecule has 0 radical (unpaired) electrons. The zero-order valence-corrected chi connectivity index (χ0v) is 22.4. The molecule has 8 nitrogen and oxygen atoms in total. The van der Waals surface area contributed by atoms with E-state index in [2.05, 4.69) is 48.3 Å². The third-order valence-electron chi connectivity index (χ3n) is 7.09. The van der Waals surface area contributed by atoms with Crippen LogP contribution in [0.25, 0.3) is 0 Å². The molecule has 2 aliphatic rings. The lowest BCUT2D eigenvalue weighted by Gasteiger charge is -2.30. The number of carbonyl (C=O) groups excluding carboxylic acids is 3. The second kappa shape index (κ2) is 11.9. The van der Waals surface area contributed by atoms with Gasteiger partial charge < -0.3 is 15.3 Å². The molecule has 2 aliphatic heterocycles. The van der Waals surface area contributed by atoms with Gasteiger partial charge in [-0.25, -0.2) is 9.69 Å². The van der Waals surface area contributed by atoms with Crippen molar-refractivity contribution >= 4 is 41.1 Å². The van der Waals surface area contributed by atoms with Crippen LogP contribution in [0.5, 0.6) is 0 Å². The molecule has 0 aliphatic carbocycles. The monoisotopic (exact) mass is 527 g/mol. The van der Waals surface area contributed by atoms with Crippen LogP contribution in [-0.4, -0.2) is 49.3 Å². The minimum absolute atomic E-state index is 0.0534. The first kappa shape index (κ1) is 27.6. The lowest BCUT2D eigenvalue weighted by molar-refractivity contribution is 0.0696. The molecule has 0 aromatic heterocycles. The molecule has 39 heavy (non-hydrogen) atoms. The summed E-state index contributed by atoms with van der Waals surface area (Å²) in [5.74, 6) is -1.67. The van der Waals surface area contributed by atoms with E-state index in [1.165, 1.54) is 41.9 Å². The van der Waals surface area contributed by atoms with E-state index >= 15 is 0 Å². The number of carbonyl (C=O) groups is 4. The molecule has 8 heteroatoms. The van der Waals surface area contributed by atoms with Crippen molar-refractivity contribution in [3.63, 3.8) is 0 Å². The lowest BCUT2D eigenvalue weighted by Crippen LogP contribution is -2.31. The average molecular weight is 528 g/mol. The Balaban J connectivity index is 0.000000270. The van der Waals surface area contributed by atoms with Gasteiger partial charge in [-0.15, -0.1) is 0 Å². The Labute approximate surface area is 228 Å². The van der Waals surface area contributed by atoms with Crippen molar-refractivity contribution in [1.29, 1.82) is 0 Å². The zero-order valence-electron chi connectivity index (χ0n) is 22.4. The first-order chi connectivity index (χ1) is 18.7. The van der Waals surface area contributed by atoms with E-state index in [4.69, 9.17) is 5.11 Å². The summed E-state index contributed by atoms with van der Waals surface area (Å²) in [7, 11) is 1.93. The van der Waals surface area contributed by atoms with E-state index in [1.54, 1.807) is 12.1 Å². The number of piperidine rings is 1. The number of carboxylic acids is 1. The maximum atomic E-state index is 12.8. The molecule has 2 amide bonds. The summed E-state index contributed by atoms with van der Waals surface area (Å²) in [6.07, 6.45) is 4.02. The predicted octanol–water partition coefficient (Wildman–Crippen LogP) is 5.84. The molecule has 0 bridgehead atoms. The van der Waals surface area contributed by atoms with E-state index in [9.17, 15) is 19.2 Å². The topological polar surface area (TPSA) is 107 Å². The molecule has 1 fully saturated rings. The van der Waals surface area contributed by atoms with Gasteiger partial charge in [-0.3, -0.25) is 14.4 Å². The Hall–Kier alpha value is -4.46. The highest BCUT2D eigenvalue weighted by atomic mass is 16.4. The number of aromatic carboxylic acids is 1. The van der Waals surface area contributed by atoms with Crippen LogP contribution in [0.4, 0.5) is 17.1 Å². The van der Waals surface area contributed by atoms with Crippen molar-refractivity contribution in [2.45, 2.75) is 39.0 Å². The number of imide groups is 1. The number of nitrogens with one attached hydrogen (secondary N) is 1. The molecule has 2 heterocycles. The van der Waals surface area contributed by atoms with Crippen LogP contribution in [0.15, 0.2) is 60.7 Å². The summed E-state index contributed by atoms with van der Waals surface area (Å²) in [6.45, 7) is 6.14. The minimum Gasteiger partial charge on any atom is -0.478 e. The number of anilines is 3. The number of hydrogen-bond donors (Lipinski definition) is 2. The van der Waals surface area contributed by atoms with Crippen LogP contribution >= 0.6 is 0 Å². The maximum Gasteiger partial charge on any atom is 0.335 e. The lowest BCUT2D eigenvalue weighted by atomic mass is 10.0. The number of fused-ring (bicyclic) bond motifs is 1. The number of nitrogens with zero attached hydrogens (tertiary/aromatic N) is 2. The normalized spacial score (nSPS) is 14.6. The van der Waals surface area contributed by atoms with Crippen molar-refractivity contribution in [1.82, 2.24) is 0 Å². The predicted molar refractivity (Wildman–Crippen MR) is 153 cm³/mol. The van der Waals surface area contributed by atoms with Gasteiger partial charge in [0.15, 0.2) is 6.29 Å². The molecular formula is C31H33N3O5. The van der Waals surface area contributed by atoms with Crippen molar-refractivity contribution in [2.75, 3.05) is 35.3 Å². The molecule has 202 valence electrons. The Morgan fingerprint density at radius 1 is 0.897 bits per heavy atom. The summed E-state index contributed by atoms with van der Waals surface area (Å²) in [5, 5.41) is 12.2. The molecule has 0 unspecified atom stereocenters.